The molecule has 0 aliphatic heterocycles. The van der Waals surface area contributed by atoms with Gasteiger partial charge in [0.1, 0.15) is 12.6 Å². The summed E-state index contributed by atoms with van der Waals surface area (Å²) in [5, 5.41) is 8.61. The summed E-state index contributed by atoms with van der Waals surface area (Å²) >= 11 is 0. The third kappa shape index (κ3) is 10.5. The highest BCUT2D eigenvalue weighted by molar-refractivity contribution is 5.92. The van der Waals surface area contributed by atoms with Crippen molar-refractivity contribution in [2.45, 2.75) is 65.3 Å². The van der Waals surface area contributed by atoms with Gasteiger partial charge >= 0.3 is 5.97 Å². The minimum atomic E-state index is -1.02. The molecule has 3 N–H and O–H groups in total. The lowest BCUT2D eigenvalue weighted by Gasteiger charge is -2.28. The molecule has 4 atom stereocenters. The van der Waals surface area contributed by atoms with Gasteiger partial charge in [-0.2, -0.15) is 0 Å². The molecule has 0 bridgehead atoms. The van der Waals surface area contributed by atoms with Crippen molar-refractivity contribution < 1.29 is 23.9 Å². The second-order valence-corrected chi connectivity index (χ2v) is 8.82. The number of hydrogen-bond donors (Lipinski definition) is 3. The van der Waals surface area contributed by atoms with E-state index in [1.165, 1.54) is 6.08 Å². The zero-order chi connectivity index (χ0) is 25.5. The van der Waals surface area contributed by atoms with Gasteiger partial charge < -0.3 is 25.4 Å². The monoisotopic (exact) mass is 475 g/mol. The Balaban J connectivity index is 2.91. The summed E-state index contributed by atoms with van der Waals surface area (Å²) in [6.45, 7) is 11.7. The van der Waals surface area contributed by atoms with Gasteiger partial charge in [-0.15, -0.1) is 0 Å². The molecule has 0 unspecified atom stereocenters. The highest BCUT2D eigenvalue weighted by Gasteiger charge is 2.32. The smallest absolute Gasteiger partial charge is 0.331 e. The molecule has 1 aromatic rings. The Bertz CT molecular complexity index is 769. The van der Waals surface area contributed by atoms with Gasteiger partial charge in [-0.3, -0.25) is 9.59 Å². The van der Waals surface area contributed by atoms with Crippen LogP contribution in [0.3, 0.4) is 0 Å². The molecule has 0 fully saturated rings. The fraction of sp³-hybridized carbons (Fsp3) is 0.577. The summed E-state index contributed by atoms with van der Waals surface area (Å²) in [4.78, 5) is 38.6. The average molecular weight is 476 g/mol. The molecule has 1 rings (SSSR count). The van der Waals surface area contributed by atoms with E-state index in [-0.39, 0.29) is 31.6 Å². The molecule has 8 nitrogen and oxygen atoms in total. The lowest BCUT2D eigenvalue weighted by Crippen LogP contribution is -2.57. The quantitative estimate of drug-likeness (QED) is 0.251. The Hall–Kier alpha value is -2.71. The predicted octanol–water partition coefficient (Wildman–Crippen LogP) is 2.58. The number of benzene rings is 1. The molecule has 0 spiro atoms. The third-order valence-corrected chi connectivity index (χ3v) is 5.51. The summed E-state index contributed by atoms with van der Waals surface area (Å²) in [5.41, 5.74) is 0.944. The number of hydrogen-bond acceptors (Lipinski definition) is 6. The topological polar surface area (TPSA) is 106 Å². The number of rotatable bonds is 16. The van der Waals surface area contributed by atoms with E-state index in [0.29, 0.717) is 18.8 Å². The van der Waals surface area contributed by atoms with E-state index in [2.05, 4.69) is 22.5 Å². The summed E-state index contributed by atoms with van der Waals surface area (Å²) in [6, 6.07) is 7.28. The highest BCUT2D eigenvalue weighted by Crippen LogP contribution is 2.11. The molecule has 8 heteroatoms. The minimum Gasteiger partial charge on any atom is -0.460 e. The number of carbonyl (C=O) groups is 3. The van der Waals surface area contributed by atoms with Gasteiger partial charge in [0.15, 0.2) is 6.04 Å². The second-order valence-electron chi connectivity index (χ2n) is 8.82. The van der Waals surface area contributed by atoms with Crippen molar-refractivity contribution in [2.24, 2.45) is 11.8 Å². The standard InChI is InChI=1S/C26H41N3O5/c1-7-14-34-26(32)22(17-33-16-20-12-10-9-11-13-20)28-25(31)23(19(5)8-2)29-24(30)21(27-6)15-18(3)4/h7,9-13,18-19,21-23,27H,1,8,14-17H2,2-6H3,(H,28,31)(H,29,30)/t19-,21-,22-,23-/m0/s1. The Kier molecular flexibility index (Phi) is 13.8. The van der Waals surface area contributed by atoms with Gasteiger partial charge in [-0.05, 0) is 30.9 Å². The van der Waals surface area contributed by atoms with Crippen LogP contribution < -0.4 is 16.0 Å². The first-order valence-corrected chi connectivity index (χ1v) is 11.9. The van der Waals surface area contributed by atoms with Gasteiger partial charge in [-0.1, -0.05) is 77.1 Å². The number of esters is 1. The van der Waals surface area contributed by atoms with E-state index in [4.69, 9.17) is 9.47 Å². The van der Waals surface area contributed by atoms with Crippen LogP contribution in [0.25, 0.3) is 0 Å². The molecule has 0 radical (unpaired) electrons. The van der Waals surface area contributed by atoms with E-state index >= 15 is 0 Å². The van der Waals surface area contributed by atoms with E-state index in [0.717, 1.165) is 5.56 Å². The number of likely N-dealkylation sites (N-methyl/N-ethyl adjacent to an activating group) is 1. The Morgan fingerprint density at radius 2 is 1.71 bits per heavy atom. The number of nitrogens with one attached hydrogen (secondary N) is 3. The van der Waals surface area contributed by atoms with Gasteiger partial charge in [-0.25, -0.2) is 4.79 Å². The number of amides is 2. The molecule has 0 saturated carbocycles. The first-order chi connectivity index (χ1) is 16.2. The van der Waals surface area contributed by atoms with Crippen LogP contribution >= 0.6 is 0 Å². The van der Waals surface area contributed by atoms with Crippen molar-refractivity contribution in [1.29, 1.82) is 0 Å². The summed E-state index contributed by atoms with van der Waals surface area (Å²) in [5.74, 6) is -1.15. The van der Waals surface area contributed by atoms with E-state index in [9.17, 15) is 14.4 Å². The van der Waals surface area contributed by atoms with Crippen molar-refractivity contribution in [3.63, 3.8) is 0 Å². The van der Waals surface area contributed by atoms with E-state index < -0.39 is 30.0 Å². The first-order valence-electron chi connectivity index (χ1n) is 11.9. The Morgan fingerprint density at radius 1 is 1.03 bits per heavy atom. The van der Waals surface area contributed by atoms with Crippen molar-refractivity contribution >= 4 is 17.8 Å². The maximum Gasteiger partial charge on any atom is 0.331 e. The van der Waals surface area contributed by atoms with Crippen molar-refractivity contribution in [3.8, 4) is 0 Å². The van der Waals surface area contributed by atoms with Crippen LogP contribution in [0.15, 0.2) is 43.0 Å². The van der Waals surface area contributed by atoms with Crippen LogP contribution in [0, 0.1) is 11.8 Å². The molecule has 0 aliphatic rings. The number of ether oxygens (including phenoxy) is 2. The molecule has 2 amide bonds. The molecule has 1 aromatic carbocycles. The lowest BCUT2D eigenvalue weighted by molar-refractivity contribution is -0.149. The van der Waals surface area contributed by atoms with Crippen LogP contribution in [0.2, 0.25) is 0 Å². The first kappa shape index (κ1) is 29.3. The van der Waals surface area contributed by atoms with Gasteiger partial charge in [0, 0.05) is 0 Å². The highest BCUT2D eigenvalue weighted by atomic mass is 16.5. The van der Waals surface area contributed by atoms with Gasteiger partial charge in [0.05, 0.1) is 19.3 Å². The SMILES string of the molecule is C=CCOC(=O)[C@H](COCc1ccccc1)NC(=O)[C@@H](NC(=O)[C@H](CC(C)C)NC)[C@@H](C)CC. The van der Waals surface area contributed by atoms with Crippen LogP contribution in [-0.4, -0.2) is 56.2 Å². The van der Waals surface area contributed by atoms with Crippen molar-refractivity contribution in [3.05, 3.63) is 48.6 Å². The molecule has 0 aliphatic carbocycles. The Morgan fingerprint density at radius 3 is 2.26 bits per heavy atom. The molecule has 190 valence electrons. The lowest BCUT2D eigenvalue weighted by atomic mass is 9.96. The summed E-state index contributed by atoms with van der Waals surface area (Å²) in [7, 11) is 1.72. The van der Waals surface area contributed by atoms with Crippen molar-refractivity contribution in [1.82, 2.24) is 16.0 Å². The van der Waals surface area contributed by atoms with E-state index in [1.807, 2.05) is 58.0 Å². The maximum atomic E-state index is 13.2. The third-order valence-electron chi connectivity index (χ3n) is 5.51. The van der Waals surface area contributed by atoms with E-state index in [1.54, 1.807) is 7.05 Å². The molecule has 34 heavy (non-hydrogen) atoms. The fourth-order valence-electron chi connectivity index (χ4n) is 3.32. The average Bonchev–Trinajstić information content (AvgIpc) is 2.83. The molecule has 0 aromatic heterocycles. The molecular weight excluding hydrogens is 434 g/mol. The minimum absolute atomic E-state index is 0.0223. The fourth-order valence-corrected chi connectivity index (χ4v) is 3.32. The molecular formula is C26H41N3O5. The summed E-state index contributed by atoms with van der Waals surface area (Å²) in [6.07, 6.45) is 2.76. The van der Waals surface area contributed by atoms with Gasteiger partial charge in [0.25, 0.3) is 0 Å². The maximum absolute atomic E-state index is 13.2. The zero-order valence-electron chi connectivity index (χ0n) is 21.1. The van der Waals surface area contributed by atoms with Gasteiger partial charge in [0.2, 0.25) is 11.8 Å². The summed E-state index contributed by atoms with van der Waals surface area (Å²) < 4.78 is 10.8. The normalized spacial score (nSPS) is 14.5. The molecule has 0 heterocycles. The Labute approximate surface area is 203 Å². The van der Waals surface area contributed by atoms with Crippen LogP contribution in [0.5, 0.6) is 0 Å². The number of carbonyl (C=O) groups excluding carboxylic acids is 3. The van der Waals surface area contributed by atoms with Crippen LogP contribution in [-0.2, 0) is 30.5 Å². The van der Waals surface area contributed by atoms with Crippen molar-refractivity contribution in [2.75, 3.05) is 20.3 Å². The predicted molar refractivity (Wildman–Crippen MR) is 133 cm³/mol. The van der Waals surface area contributed by atoms with Crippen LogP contribution in [0.4, 0.5) is 0 Å². The second kappa shape index (κ2) is 16.0. The molecule has 0 saturated heterocycles. The largest absolute Gasteiger partial charge is 0.460 e. The zero-order valence-corrected chi connectivity index (χ0v) is 21.1. The van der Waals surface area contributed by atoms with Crippen LogP contribution in [0.1, 0.15) is 46.1 Å².